The van der Waals surface area contributed by atoms with Crippen molar-refractivity contribution < 1.29 is 22.7 Å². The normalized spacial score (nSPS) is 11.2. The Bertz CT molecular complexity index is 1560. The zero-order valence-corrected chi connectivity index (χ0v) is 20.5. The Kier molecular flexibility index (Phi) is 7.49. The Morgan fingerprint density at radius 2 is 1.85 bits per heavy atom. The average Bonchev–Trinajstić information content (AvgIpc) is 3.41. The topological polar surface area (TPSA) is 81.9 Å². The van der Waals surface area contributed by atoms with Crippen molar-refractivity contribution in [3.63, 3.8) is 0 Å². The zero-order chi connectivity index (χ0) is 27.2. The monoisotopic (exact) mass is 527 g/mol. The summed E-state index contributed by atoms with van der Waals surface area (Å²) in [5.41, 5.74) is 1.40. The van der Waals surface area contributed by atoms with E-state index in [0.717, 1.165) is 22.7 Å². The van der Waals surface area contributed by atoms with E-state index in [2.05, 4.69) is 20.4 Å². The third-order valence-corrected chi connectivity index (χ3v) is 5.78. The molecule has 1 amide bonds. The Hall–Kier alpha value is -4.80. The predicted molar refractivity (Wildman–Crippen MR) is 141 cm³/mol. The van der Waals surface area contributed by atoms with Gasteiger partial charge in [-0.2, -0.15) is 18.3 Å². The van der Waals surface area contributed by atoms with E-state index >= 15 is 0 Å². The second-order valence-corrected chi connectivity index (χ2v) is 8.54. The van der Waals surface area contributed by atoms with Crippen LogP contribution in [0.3, 0.4) is 0 Å². The number of ether oxygens (including phenoxy) is 1. The number of nitrogens with zero attached hydrogens (tertiary/aromatic N) is 4. The van der Waals surface area contributed by atoms with Gasteiger partial charge in [-0.3, -0.25) is 4.98 Å². The molecule has 0 saturated heterocycles. The molecule has 4 aromatic heterocycles. The summed E-state index contributed by atoms with van der Waals surface area (Å²) in [4.78, 5) is 20.8. The molecule has 0 atom stereocenters. The molecular formula is C28H21BF3N5O2. The quantitative estimate of drug-likeness (QED) is 0.286. The van der Waals surface area contributed by atoms with E-state index in [-0.39, 0.29) is 11.5 Å². The van der Waals surface area contributed by atoms with E-state index in [0.29, 0.717) is 29.2 Å². The van der Waals surface area contributed by atoms with Crippen LogP contribution in [0, 0.1) is 0 Å². The number of aromatic nitrogens is 4. The number of hydrogen-bond acceptors (Lipinski definition) is 5. The van der Waals surface area contributed by atoms with Gasteiger partial charge >= 0.3 is 118 Å². The van der Waals surface area contributed by atoms with Gasteiger partial charge in [0.25, 0.3) is 0 Å². The van der Waals surface area contributed by atoms with Crippen LogP contribution in [0.1, 0.15) is 21.6 Å². The number of rotatable bonds is 8. The van der Waals surface area contributed by atoms with Gasteiger partial charge in [-0.15, -0.1) is 0 Å². The van der Waals surface area contributed by atoms with E-state index in [4.69, 9.17) is 4.74 Å². The summed E-state index contributed by atoms with van der Waals surface area (Å²) in [6, 6.07) is 17.8. The van der Waals surface area contributed by atoms with Gasteiger partial charge in [0.2, 0.25) is 0 Å². The predicted octanol–water partition coefficient (Wildman–Crippen LogP) is 5.56. The van der Waals surface area contributed by atoms with E-state index in [1.165, 1.54) is 30.7 Å². The van der Waals surface area contributed by atoms with Crippen LogP contribution in [0.2, 0.25) is 0 Å². The van der Waals surface area contributed by atoms with Gasteiger partial charge in [-0.05, 0) is 30.3 Å². The molecule has 5 rings (SSSR count). The van der Waals surface area contributed by atoms with Gasteiger partial charge in [0.05, 0.1) is 11.9 Å². The van der Waals surface area contributed by atoms with Crippen molar-refractivity contribution in [2.45, 2.75) is 12.6 Å². The molecule has 0 unspecified atom stereocenters. The molecule has 0 saturated carbocycles. The number of anilines is 1. The van der Waals surface area contributed by atoms with Crippen molar-refractivity contribution >= 4 is 18.5 Å². The number of alkyl halides is 3. The number of amides is 1. The summed E-state index contributed by atoms with van der Waals surface area (Å²) in [6.45, 7) is 2.41. The molecular weight excluding hydrogens is 506 g/mol. The zero-order valence-electron chi connectivity index (χ0n) is 20.5. The van der Waals surface area contributed by atoms with Crippen LogP contribution >= 0.6 is 0 Å². The van der Waals surface area contributed by atoms with Crippen molar-refractivity contribution in [1.82, 2.24) is 19.7 Å². The van der Waals surface area contributed by atoms with E-state index in [1.807, 2.05) is 31.0 Å². The summed E-state index contributed by atoms with van der Waals surface area (Å²) >= 11 is 0. The van der Waals surface area contributed by atoms with Crippen LogP contribution in [-0.2, 0) is 12.6 Å². The first-order valence-electron chi connectivity index (χ1n) is 12.0. The second kappa shape index (κ2) is 11.3. The Labute approximate surface area is 222 Å². The van der Waals surface area contributed by atoms with Crippen molar-refractivity contribution in [1.29, 1.82) is 0 Å². The molecule has 0 bridgehead atoms. The van der Waals surface area contributed by atoms with E-state index < -0.39 is 17.8 Å². The number of halogens is 3. The molecule has 11 heteroatoms. The van der Waals surface area contributed by atoms with E-state index in [9.17, 15) is 18.0 Å². The number of benzene rings is 1. The molecule has 0 aliphatic carbocycles. The maximum atomic E-state index is 13.7. The summed E-state index contributed by atoms with van der Waals surface area (Å²) in [7, 11) is 0. The number of carbonyl (C=O) groups excluding carboxylic acids is 1. The maximum absolute atomic E-state index is 13.7. The molecule has 0 fully saturated rings. The summed E-state index contributed by atoms with van der Waals surface area (Å²) in [5, 5.41) is 6.81. The number of hydrogen-bond donors (Lipinski definition) is 1. The van der Waals surface area contributed by atoms with Gasteiger partial charge in [-0.25, -0.2) is 9.67 Å². The SMILES string of the molecule is O=C(Nc1ccc(-n2nc(-c3cccnc3)cc2C(F)(F)F)nc1)c1cccc(OCCc2ccbcc2)c1. The Balaban J connectivity index is 1.27. The number of carbonyl (C=O) groups is 1. The third kappa shape index (κ3) is 6.38. The first-order valence-corrected chi connectivity index (χ1v) is 12.0. The fourth-order valence-corrected chi connectivity index (χ4v) is 3.86. The third-order valence-electron chi connectivity index (χ3n) is 5.78. The first-order chi connectivity index (χ1) is 18.9. The summed E-state index contributed by atoms with van der Waals surface area (Å²) in [5.74, 6) is 4.02. The van der Waals surface area contributed by atoms with Crippen LogP contribution in [0.25, 0.3) is 17.1 Å². The van der Waals surface area contributed by atoms with Gasteiger partial charge < -0.3 is 0 Å². The molecule has 0 radical (unpaired) electrons. The van der Waals surface area contributed by atoms with Crippen molar-refractivity contribution in [2.24, 2.45) is 0 Å². The fourth-order valence-electron chi connectivity index (χ4n) is 3.86. The average molecular weight is 527 g/mol. The molecule has 7 nitrogen and oxygen atoms in total. The Morgan fingerprint density at radius 1 is 1.00 bits per heavy atom. The van der Waals surface area contributed by atoms with E-state index in [1.54, 1.807) is 36.4 Å². The molecule has 39 heavy (non-hydrogen) atoms. The van der Waals surface area contributed by atoms with Gasteiger partial charge in [0, 0.05) is 18.0 Å². The van der Waals surface area contributed by atoms with Crippen molar-refractivity contribution in [3.05, 3.63) is 114 Å². The van der Waals surface area contributed by atoms with Gasteiger partial charge in [0.1, 0.15) is 0 Å². The summed E-state index contributed by atoms with van der Waals surface area (Å²) < 4.78 is 47.7. The number of pyridine rings is 2. The summed E-state index contributed by atoms with van der Waals surface area (Å²) in [6.07, 6.45) is 0.303. The van der Waals surface area contributed by atoms with Crippen LogP contribution in [-0.4, -0.2) is 39.2 Å². The molecule has 4 heterocycles. The van der Waals surface area contributed by atoms with Crippen molar-refractivity contribution in [2.75, 3.05) is 11.9 Å². The molecule has 1 N–H and O–H groups in total. The minimum atomic E-state index is -4.66. The van der Waals surface area contributed by atoms with Crippen LogP contribution in [0.5, 0.6) is 5.75 Å². The molecule has 0 spiro atoms. The fraction of sp³-hybridized carbons (Fsp3) is 0.107. The molecule has 0 aliphatic rings. The molecule has 5 aromatic rings. The number of nitrogens with one attached hydrogen (secondary N) is 1. The molecule has 0 aliphatic heterocycles. The first kappa shape index (κ1) is 25.8. The second-order valence-electron chi connectivity index (χ2n) is 8.54. The molecule has 194 valence electrons. The van der Waals surface area contributed by atoms with Crippen molar-refractivity contribution in [3.8, 4) is 22.8 Å². The van der Waals surface area contributed by atoms with Crippen LogP contribution in [0.15, 0.2) is 97.2 Å². The minimum absolute atomic E-state index is 0.0516. The molecule has 1 aromatic carbocycles. The van der Waals surface area contributed by atoms with Gasteiger partial charge in [0.15, 0.2) is 11.5 Å². The Morgan fingerprint density at radius 3 is 2.56 bits per heavy atom. The van der Waals surface area contributed by atoms with Crippen LogP contribution in [0.4, 0.5) is 18.9 Å². The van der Waals surface area contributed by atoms with Gasteiger partial charge in [-0.1, -0.05) is 0 Å². The standard InChI is InChI=1S/C28H21BF3N5O2/c30-28(31,32)25-16-24(21-4-2-13-33-17-21)36-37(25)26-7-6-22(18-34-26)35-27(38)20-3-1-5-23(15-20)39-14-10-19-8-11-29-12-9-19/h1-9,11-13,15-18H,10,14H2,(H,35,38). The van der Waals surface area contributed by atoms with Crippen LogP contribution < -0.4 is 10.1 Å².